The lowest BCUT2D eigenvalue weighted by atomic mass is 10.3. The Labute approximate surface area is 54.5 Å². The zero-order valence-electron chi connectivity index (χ0n) is 5.46. The molecule has 0 saturated heterocycles. The lowest BCUT2D eigenvalue weighted by Crippen LogP contribution is -2.09. The van der Waals surface area contributed by atoms with Crippen LogP contribution in [0, 0.1) is 5.92 Å². The molecule has 0 N–H and O–H groups in total. The van der Waals surface area contributed by atoms with Crippen molar-refractivity contribution in [3.8, 4) is 0 Å². The maximum Gasteiger partial charge on any atom is 0.293 e. The SMILES string of the molecule is C=C[C@@H]1C[C@@]1(C)OC=O. The van der Waals surface area contributed by atoms with E-state index in [1.54, 1.807) is 0 Å². The van der Waals surface area contributed by atoms with Gasteiger partial charge in [-0.3, -0.25) is 4.79 Å². The Morgan fingerprint density at radius 1 is 1.89 bits per heavy atom. The minimum Gasteiger partial charge on any atom is -0.461 e. The highest BCUT2D eigenvalue weighted by molar-refractivity contribution is 5.40. The van der Waals surface area contributed by atoms with E-state index in [0.717, 1.165) is 6.42 Å². The van der Waals surface area contributed by atoms with E-state index in [0.29, 0.717) is 12.4 Å². The average Bonchev–Trinajstić information content (AvgIpc) is 2.43. The van der Waals surface area contributed by atoms with Gasteiger partial charge in [0.1, 0.15) is 5.60 Å². The van der Waals surface area contributed by atoms with Gasteiger partial charge in [-0.05, 0) is 13.3 Å². The molecule has 1 aliphatic carbocycles. The molecule has 0 spiro atoms. The van der Waals surface area contributed by atoms with Gasteiger partial charge in [0.25, 0.3) is 6.47 Å². The van der Waals surface area contributed by atoms with Crippen molar-refractivity contribution < 1.29 is 9.53 Å². The standard InChI is InChI=1S/C7H10O2/c1-3-6-4-7(6,2)9-5-8/h3,5-6H,1,4H2,2H3/t6-,7-/m1/s1. The molecular weight excluding hydrogens is 116 g/mol. The van der Waals surface area contributed by atoms with Crippen LogP contribution >= 0.6 is 0 Å². The molecule has 0 aliphatic heterocycles. The highest BCUT2D eigenvalue weighted by Crippen LogP contribution is 2.46. The van der Waals surface area contributed by atoms with E-state index in [9.17, 15) is 4.79 Å². The van der Waals surface area contributed by atoms with Crippen LogP contribution in [0.2, 0.25) is 0 Å². The largest absolute Gasteiger partial charge is 0.461 e. The second-order valence-corrected chi connectivity index (χ2v) is 2.57. The molecule has 9 heavy (non-hydrogen) atoms. The van der Waals surface area contributed by atoms with Gasteiger partial charge < -0.3 is 4.74 Å². The van der Waals surface area contributed by atoms with Gasteiger partial charge in [0.05, 0.1) is 0 Å². The molecule has 0 heterocycles. The minimum absolute atomic E-state index is 0.219. The fourth-order valence-corrected chi connectivity index (χ4v) is 0.956. The molecule has 0 aromatic rings. The van der Waals surface area contributed by atoms with E-state index < -0.39 is 0 Å². The molecule has 0 amide bonds. The van der Waals surface area contributed by atoms with E-state index in [-0.39, 0.29) is 5.60 Å². The summed E-state index contributed by atoms with van der Waals surface area (Å²) in [6.45, 7) is 6.02. The highest BCUT2D eigenvalue weighted by Gasteiger charge is 2.50. The maximum absolute atomic E-state index is 9.87. The minimum atomic E-state index is -0.219. The monoisotopic (exact) mass is 126 g/mol. The fourth-order valence-electron chi connectivity index (χ4n) is 0.956. The Balaban J connectivity index is 2.41. The smallest absolute Gasteiger partial charge is 0.293 e. The second kappa shape index (κ2) is 1.87. The number of hydrogen-bond acceptors (Lipinski definition) is 2. The Kier molecular flexibility index (Phi) is 1.31. The topological polar surface area (TPSA) is 26.3 Å². The van der Waals surface area contributed by atoms with Crippen LogP contribution in [0.15, 0.2) is 12.7 Å². The van der Waals surface area contributed by atoms with Crippen LogP contribution in [0.3, 0.4) is 0 Å². The first-order chi connectivity index (χ1) is 4.23. The third-order valence-corrected chi connectivity index (χ3v) is 1.85. The molecule has 1 fully saturated rings. The molecule has 0 unspecified atom stereocenters. The molecule has 50 valence electrons. The number of ether oxygens (including phenoxy) is 1. The molecule has 1 aliphatic rings. The van der Waals surface area contributed by atoms with Gasteiger partial charge >= 0.3 is 0 Å². The van der Waals surface area contributed by atoms with Crippen molar-refractivity contribution in [1.82, 2.24) is 0 Å². The van der Waals surface area contributed by atoms with E-state index in [1.807, 2.05) is 13.0 Å². The zero-order valence-corrected chi connectivity index (χ0v) is 5.46. The quantitative estimate of drug-likeness (QED) is 0.418. The lowest BCUT2D eigenvalue weighted by molar-refractivity contribution is -0.134. The van der Waals surface area contributed by atoms with E-state index in [4.69, 9.17) is 4.74 Å². The van der Waals surface area contributed by atoms with Crippen molar-refractivity contribution in [2.24, 2.45) is 5.92 Å². The number of carbonyl (C=O) groups is 1. The molecule has 0 bridgehead atoms. The maximum atomic E-state index is 9.87. The van der Waals surface area contributed by atoms with Crippen molar-refractivity contribution in [3.63, 3.8) is 0 Å². The zero-order chi connectivity index (χ0) is 6.91. The van der Waals surface area contributed by atoms with Crippen molar-refractivity contribution in [2.45, 2.75) is 18.9 Å². The van der Waals surface area contributed by atoms with Gasteiger partial charge in [-0.2, -0.15) is 0 Å². The summed E-state index contributed by atoms with van der Waals surface area (Å²) in [6.07, 6.45) is 2.75. The van der Waals surface area contributed by atoms with Gasteiger partial charge in [0.2, 0.25) is 0 Å². The molecule has 2 heteroatoms. The highest BCUT2D eigenvalue weighted by atomic mass is 16.5. The van der Waals surface area contributed by atoms with Gasteiger partial charge in [-0.15, -0.1) is 6.58 Å². The van der Waals surface area contributed by atoms with Gasteiger partial charge in [-0.1, -0.05) is 6.08 Å². The number of carbonyl (C=O) groups excluding carboxylic acids is 1. The summed E-state index contributed by atoms with van der Waals surface area (Å²) in [5.74, 6) is 0.377. The summed E-state index contributed by atoms with van der Waals surface area (Å²) < 4.78 is 4.79. The summed E-state index contributed by atoms with van der Waals surface area (Å²) in [7, 11) is 0. The molecule has 2 atom stereocenters. The summed E-state index contributed by atoms with van der Waals surface area (Å²) in [4.78, 5) is 9.87. The summed E-state index contributed by atoms with van der Waals surface area (Å²) >= 11 is 0. The third-order valence-electron chi connectivity index (χ3n) is 1.85. The summed E-state index contributed by atoms with van der Waals surface area (Å²) in [6, 6.07) is 0. The van der Waals surface area contributed by atoms with Crippen molar-refractivity contribution in [2.75, 3.05) is 0 Å². The number of hydrogen-bond donors (Lipinski definition) is 0. The van der Waals surface area contributed by atoms with Crippen molar-refractivity contribution >= 4 is 6.47 Å². The van der Waals surface area contributed by atoms with Crippen LogP contribution in [-0.4, -0.2) is 12.1 Å². The molecule has 0 aromatic heterocycles. The van der Waals surface area contributed by atoms with Crippen molar-refractivity contribution in [3.05, 3.63) is 12.7 Å². The molecule has 1 rings (SSSR count). The molecule has 0 aromatic carbocycles. The van der Waals surface area contributed by atoms with E-state index in [2.05, 4.69) is 6.58 Å². The molecule has 1 saturated carbocycles. The first-order valence-electron chi connectivity index (χ1n) is 2.97. The Hall–Kier alpha value is -0.790. The first-order valence-corrected chi connectivity index (χ1v) is 2.97. The molecular formula is C7H10O2. The van der Waals surface area contributed by atoms with Crippen LogP contribution in [0.1, 0.15) is 13.3 Å². The third kappa shape index (κ3) is 0.969. The predicted molar refractivity (Wildman–Crippen MR) is 33.9 cm³/mol. The van der Waals surface area contributed by atoms with Crippen molar-refractivity contribution in [1.29, 1.82) is 0 Å². The predicted octanol–water partition coefficient (Wildman–Crippen LogP) is 1.12. The normalized spacial score (nSPS) is 39.4. The van der Waals surface area contributed by atoms with Crippen LogP contribution in [-0.2, 0) is 9.53 Å². The molecule has 2 nitrogen and oxygen atoms in total. The summed E-state index contributed by atoms with van der Waals surface area (Å²) in [5, 5.41) is 0. The Morgan fingerprint density at radius 2 is 2.56 bits per heavy atom. The Morgan fingerprint density at radius 3 is 2.89 bits per heavy atom. The van der Waals surface area contributed by atoms with Crippen LogP contribution < -0.4 is 0 Å². The second-order valence-electron chi connectivity index (χ2n) is 2.57. The fraction of sp³-hybridized carbons (Fsp3) is 0.571. The van der Waals surface area contributed by atoms with Crippen LogP contribution in [0.4, 0.5) is 0 Å². The lowest BCUT2D eigenvalue weighted by Gasteiger charge is -2.04. The van der Waals surface area contributed by atoms with Gasteiger partial charge in [0, 0.05) is 5.92 Å². The van der Waals surface area contributed by atoms with E-state index >= 15 is 0 Å². The summed E-state index contributed by atoms with van der Waals surface area (Å²) in [5.41, 5.74) is -0.219. The van der Waals surface area contributed by atoms with Crippen LogP contribution in [0.25, 0.3) is 0 Å². The van der Waals surface area contributed by atoms with E-state index in [1.165, 1.54) is 0 Å². The average molecular weight is 126 g/mol. The first kappa shape index (κ1) is 6.33. The van der Waals surface area contributed by atoms with Gasteiger partial charge in [0.15, 0.2) is 0 Å². The molecule has 0 radical (unpaired) electrons. The Bertz CT molecular complexity index is 142. The van der Waals surface area contributed by atoms with Gasteiger partial charge in [-0.25, -0.2) is 0 Å². The van der Waals surface area contributed by atoms with Crippen LogP contribution in [0.5, 0.6) is 0 Å². The number of rotatable bonds is 3.